The third-order valence-corrected chi connectivity index (χ3v) is 3.60. The summed E-state index contributed by atoms with van der Waals surface area (Å²) >= 11 is 0. The van der Waals surface area contributed by atoms with Crippen LogP contribution in [0.3, 0.4) is 0 Å². The van der Waals surface area contributed by atoms with Gasteiger partial charge in [0.2, 0.25) is 0 Å². The van der Waals surface area contributed by atoms with Crippen LogP contribution < -0.4 is 5.32 Å². The van der Waals surface area contributed by atoms with Gasteiger partial charge >= 0.3 is 0 Å². The van der Waals surface area contributed by atoms with Gasteiger partial charge in [-0.2, -0.15) is 0 Å². The van der Waals surface area contributed by atoms with Crippen LogP contribution >= 0.6 is 0 Å². The molecule has 2 aromatic carbocycles. The topological polar surface area (TPSA) is 32.3 Å². The predicted molar refractivity (Wildman–Crippen MR) is 79.2 cm³/mol. The number of benzene rings is 2. The van der Waals surface area contributed by atoms with E-state index in [-0.39, 0.29) is 11.3 Å². The van der Waals surface area contributed by atoms with E-state index in [0.717, 1.165) is 16.7 Å². The second kappa shape index (κ2) is 6.22. The maximum absolute atomic E-state index is 13.7. The van der Waals surface area contributed by atoms with Crippen LogP contribution in [0.25, 0.3) is 0 Å². The highest BCUT2D eigenvalue weighted by molar-refractivity contribution is 5.42. The summed E-state index contributed by atoms with van der Waals surface area (Å²) in [5.74, 6) is -0.812. The van der Waals surface area contributed by atoms with E-state index in [9.17, 15) is 13.9 Å². The van der Waals surface area contributed by atoms with Gasteiger partial charge in [0, 0.05) is 18.2 Å². The van der Waals surface area contributed by atoms with Crippen LogP contribution in [0.4, 0.5) is 8.78 Å². The minimum Gasteiger partial charge on any atom is -0.507 e. The Balaban J connectivity index is 2.13. The average Bonchev–Trinajstić information content (AvgIpc) is 2.42. The molecule has 0 bridgehead atoms. The average molecular weight is 291 g/mol. The van der Waals surface area contributed by atoms with Crippen LogP contribution in [0, 0.1) is 25.5 Å². The van der Waals surface area contributed by atoms with Crippen molar-refractivity contribution in [1.82, 2.24) is 5.32 Å². The summed E-state index contributed by atoms with van der Waals surface area (Å²) in [4.78, 5) is 0. The van der Waals surface area contributed by atoms with E-state index in [0.29, 0.717) is 6.54 Å². The zero-order valence-electron chi connectivity index (χ0n) is 12.4. The molecule has 1 atom stereocenters. The van der Waals surface area contributed by atoms with E-state index in [1.165, 1.54) is 18.2 Å². The number of rotatable bonds is 4. The Bertz CT molecular complexity index is 612. The van der Waals surface area contributed by atoms with Crippen LogP contribution in [-0.4, -0.2) is 5.11 Å². The van der Waals surface area contributed by atoms with Gasteiger partial charge in [0.1, 0.15) is 17.4 Å². The summed E-state index contributed by atoms with van der Waals surface area (Å²) in [5, 5.41) is 12.8. The third-order valence-electron chi connectivity index (χ3n) is 3.60. The highest BCUT2D eigenvalue weighted by Crippen LogP contribution is 2.24. The monoisotopic (exact) mass is 291 g/mol. The lowest BCUT2D eigenvalue weighted by atomic mass is 10.0. The van der Waals surface area contributed by atoms with Crippen molar-refractivity contribution in [2.45, 2.75) is 33.4 Å². The minimum absolute atomic E-state index is 0.0460. The molecule has 2 nitrogen and oxygen atoms in total. The molecule has 2 N–H and O–H groups in total. The number of phenols is 1. The maximum Gasteiger partial charge on any atom is 0.130 e. The van der Waals surface area contributed by atoms with Gasteiger partial charge in [-0.3, -0.25) is 0 Å². The molecule has 0 radical (unpaired) electrons. The van der Waals surface area contributed by atoms with Crippen LogP contribution in [0.2, 0.25) is 0 Å². The Hall–Kier alpha value is -1.94. The molecule has 0 saturated carbocycles. The van der Waals surface area contributed by atoms with E-state index in [4.69, 9.17) is 0 Å². The van der Waals surface area contributed by atoms with Crippen molar-refractivity contribution in [1.29, 1.82) is 0 Å². The Morgan fingerprint density at radius 3 is 2.14 bits per heavy atom. The fourth-order valence-electron chi connectivity index (χ4n) is 2.45. The van der Waals surface area contributed by atoms with Crippen molar-refractivity contribution in [3.8, 4) is 5.75 Å². The maximum atomic E-state index is 13.7. The Morgan fingerprint density at radius 1 is 1.10 bits per heavy atom. The second-order valence-corrected chi connectivity index (χ2v) is 5.32. The van der Waals surface area contributed by atoms with E-state index in [1.54, 1.807) is 6.92 Å². The standard InChI is InChI=1S/C17H19F2NO/c1-10-7-13(8-11(2)17(10)21)9-20-12(3)16-14(18)5-4-6-15(16)19/h4-8,12,20-21H,9H2,1-3H3. The number of aryl methyl sites for hydroxylation is 2. The van der Waals surface area contributed by atoms with Gasteiger partial charge in [-0.15, -0.1) is 0 Å². The first-order chi connectivity index (χ1) is 9.90. The van der Waals surface area contributed by atoms with Gasteiger partial charge in [0.05, 0.1) is 0 Å². The molecular weight excluding hydrogens is 272 g/mol. The lowest BCUT2D eigenvalue weighted by Crippen LogP contribution is -2.20. The lowest BCUT2D eigenvalue weighted by Gasteiger charge is -2.16. The predicted octanol–water partition coefficient (Wildman–Crippen LogP) is 4.14. The highest BCUT2D eigenvalue weighted by Gasteiger charge is 2.15. The smallest absolute Gasteiger partial charge is 0.130 e. The molecule has 112 valence electrons. The summed E-state index contributed by atoms with van der Waals surface area (Å²) in [7, 11) is 0. The van der Waals surface area contributed by atoms with Gasteiger partial charge in [-0.1, -0.05) is 18.2 Å². The molecule has 0 aliphatic heterocycles. The first kappa shape index (κ1) is 15.4. The number of nitrogens with one attached hydrogen (secondary N) is 1. The zero-order valence-corrected chi connectivity index (χ0v) is 12.4. The summed E-state index contributed by atoms with van der Waals surface area (Å²) in [6.07, 6.45) is 0. The Labute approximate surface area is 123 Å². The second-order valence-electron chi connectivity index (χ2n) is 5.32. The van der Waals surface area contributed by atoms with Crippen molar-refractivity contribution in [3.05, 3.63) is 64.2 Å². The van der Waals surface area contributed by atoms with Gasteiger partial charge in [0.15, 0.2) is 0 Å². The Morgan fingerprint density at radius 2 is 1.62 bits per heavy atom. The number of hydrogen-bond donors (Lipinski definition) is 2. The molecule has 4 heteroatoms. The van der Waals surface area contributed by atoms with Crippen molar-refractivity contribution in [3.63, 3.8) is 0 Å². The van der Waals surface area contributed by atoms with Gasteiger partial charge < -0.3 is 10.4 Å². The molecular formula is C17H19F2NO. The molecule has 0 aromatic heterocycles. The van der Waals surface area contributed by atoms with Crippen molar-refractivity contribution >= 4 is 0 Å². The number of hydrogen-bond acceptors (Lipinski definition) is 2. The van der Waals surface area contributed by atoms with Gasteiger partial charge in [-0.25, -0.2) is 8.78 Å². The first-order valence-electron chi connectivity index (χ1n) is 6.86. The normalized spacial score (nSPS) is 12.4. The summed E-state index contributed by atoms with van der Waals surface area (Å²) in [6, 6.07) is 7.14. The molecule has 0 spiro atoms. The number of phenolic OH excluding ortho intramolecular Hbond substituents is 1. The Kier molecular flexibility index (Phi) is 4.58. The molecule has 0 aliphatic carbocycles. The number of aromatic hydroxyl groups is 1. The summed E-state index contributed by atoms with van der Waals surface area (Å²) < 4.78 is 27.4. The first-order valence-corrected chi connectivity index (χ1v) is 6.86. The van der Waals surface area contributed by atoms with Crippen LogP contribution in [-0.2, 0) is 6.54 Å². The van der Waals surface area contributed by atoms with Crippen LogP contribution in [0.15, 0.2) is 30.3 Å². The molecule has 21 heavy (non-hydrogen) atoms. The van der Waals surface area contributed by atoms with Crippen molar-refractivity contribution in [2.24, 2.45) is 0 Å². The molecule has 0 saturated heterocycles. The largest absolute Gasteiger partial charge is 0.507 e. The molecule has 2 aromatic rings. The SMILES string of the molecule is Cc1cc(CNC(C)c2c(F)cccc2F)cc(C)c1O. The lowest BCUT2D eigenvalue weighted by molar-refractivity contribution is 0.465. The van der Waals surface area contributed by atoms with E-state index < -0.39 is 17.7 Å². The third kappa shape index (κ3) is 3.39. The molecule has 2 rings (SSSR count). The summed E-state index contributed by atoms with van der Waals surface area (Å²) in [5.41, 5.74) is 2.59. The fourth-order valence-corrected chi connectivity index (χ4v) is 2.45. The molecule has 0 heterocycles. The van der Waals surface area contributed by atoms with Gasteiger partial charge in [-0.05, 0) is 49.6 Å². The molecule has 0 aliphatic rings. The fraction of sp³-hybridized carbons (Fsp3) is 0.294. The highest BCUT2D eigenvalue weighted by atomic mass is 19.1. The van der Waals surface area contributed by atoms with Crippen LogP contribution in [0.1, 0.15) is 35.2 Å². The molecule has 1 unspecified atom stereocenters. The van der Waals surface area contributed by atoms with E-state index in [2.05, 4.69) is 5.32 Å². The minimum atomic E-state index is -0.548. The zero-order chi connectivity index (χ0) is 15.6. The van der Waals surface area contributed by atoms with Crippen molar-refractivity contribution in [2.75, 3.05) is 0 Å². The number of halogens is 2. The van der Waals surface area contributed by atoms with E-state index >= 15 is 0 Å². The van der Waals surface area contributed by atoms with Crippen LogP contribution in [0.5, 0.6) is 5.75 Å². The molecule has 0 amide bonds. The molecule has 0 fully saturated rings. The van der Waals surface area contributed by atoms with E-state index in [1.807, 2.05) is 26.0 Å². The van der Waals surface area contributed by atoms with Gasteiger partial charge in [0.25, 0.3) is 0 Å². The quantitative estimate of drug-likeness (QED) is 0.887. The van der Waals surface area contributed by atoms with Crippen molar-refractivity contribution < 1.29 is 13.9 Å². The summed E-state index contributed by atoms with van der Waals surface area (Å²) in [6.45, 7) is 5.84.